The summed E-state index contributed by atoms with van der Waals surface area (Å²) >= 11 is 6.96. The number of aliphatic hydroxyl groups is 1. The van der Waals surface area contributed by atoms with E-state index in [0.717, 1.165) is 21.8 Å². The van der Waals surface area contributed by atoms with Crippen molar-refractivity contribution in [2.75, 3.05) is 13.2 Å². The third-order valence-electron chi connectivity index (χ3n) is 5.28. The monoisotopic (exact) mass is 493 g/mol. The van der Waals surface area contributed by atoms with Gasteiger partial charge in [0, 0.05) is 15.8 Å². The number of aliphatic hydroxyl groups excluding tert-OH is 1. The standard InChI is InChI=1S/C22H20ClNO6S2/c23-15-7-5-14(6-8-15)19-9-10-20(31-19)32(28,29)24-22(21(26)27)13-17(22)16-3-1-2-4-18(16)30-12-11-25/h1-10,17,24-25H,11-13H2,(H,26,27)/t17-,22+/m0/s1. The number of halogens is 1. The summed E-state index contributed by atoms with van der Waals surface area (Å²) in [6.07, 6.45) is 0.0937. The summed E-state index contributed by atoms with van der Waals surface area (Å²) in [7, 11) is -4.09. The zero-order valence-corrected chi connectivity index (χ0v) is 19.1. The fourth-order valence-corrected chi connectivity index (χ4v) is 6.45. The molecule has 1 aliphatic rings. The minimum atomic E-state index is -4.09. The topological polar surface area (TPSA) is 113 Å². The maximum Gasteiger partial charge on any atom is 0.325 e. The van der Waals surface area contributed by atoms with Gasteiger partial charge in [0.1, 0.15) is 22.1 Å². The number of sulfonamides is 1. The van der Waals surface area contributed by atoms with E-state index in [-0.39, 0.29) is 23.8 Å². The number of carboxylic acids is 1. The van der Waals surface area contributed by atoms with Gasteiger partial charge >= 0.3 is 5.97 Å². The molecule has 1 aliphatic carbocycles. The second-order valence-electron chi connectivity index (χ2n) is 7.37. The van der Waals surface area contributed by atoms with Gasteiger partial charge in [0.25, 0.3) is 10.0 Å². The van der Waals surface area contributed by atoms with Crippen LogP contribution in [0.3, 0.4) is 0 Å². The first-order chi connectivity index (χ1) is 15.3. The number of para-hydroxylation sites is 1. The molecular formula is C22H20ClNO6S2. The van der Waals surface area contributed by atoms with E-state index >= 15 is 0 Å². The molecule has 0 aliphatic heterocycles. The average molecular weight is 494 g/mol. The van der Waals surface area contributed by atoms with Crippen LogP contribution in [0, 0.1) is 0 Å². The van der Waals surface area contributed by atoms with E-state index in [9.17, 15) is 18.3 Å². The van der Waals surface area contributed by atoms with Crippen molar-refractivity contribution in [3.05, 3.63) is 71.2 Å². The van der Waals surface area contributed by atoms with Crippen LogP contribution in [0.5, 0.6) is 5.75 Å². The van der Waals surface area contributed by atoms with Crippen molar-refractivity contribution in [1.29, 1.82) is 0 Å². The van der Waals surface area contributed by atoms with E-state index in [1.54, 1.807) is 54.6 Å². The number of nitrogens with one attached hydrogen (secondary N) is 1. The van der Waals surface area contributed by atoms with Crippen molar-refractivity contribution in [2.45, 2.75) is 22.1 Å². The van der Waals surface area contributed by atoms with Gasteiger partial charge in [-0.1, -0.05) is 41.9 Å². The third-order valence-corrected chi connectivity index (χ3v) is 8.67. The minimum Gasteiger partial charge on any atom is -0.491 e. The van der Waals surface area contributed by atoms with Crippen molar-refractivity contribution in [2.24, 2.45) is 0 Å². The van der Waals surface area contributed by atoms with Crippen LogP contribution in [0.2, 0.25) is 5.02 Å². The molecule has 7 nitrogen and oxygen atoms in total. The molecule has 10 heteroatoms. The van der Waals surface area contributed by atoms with Gasteiger partial charge in [0.05, 0.1) is 6.61 Å². The lowest BCUT2D eigenvalue weighted by Gasteiger charge is -2.16. The predicted molar refractivity (Wildman–Crippen MR) is 122 cm³/mol. The molecule has 3 aromatic rings. The van der Waals surface area contributed by atoms with Crippen LogP contribution < -0.4 is 9.46 Å². The Morgan fingerprint density at radius 2 is 1.88 bits per heavy atom. The second-order valence-corrected chi connectivity index (χ2v) is 10.8. The first-order valence-corrected chi connectivity index (χ1v) is 12.4. The lowest BCUT2D eigenvalue weighted by atomic mass is 10.1. The molecule has 1 aromatic heterocycles. The molecule has 0 saturated heterocycles. The molecular weight excluding hydrogens is 474 g/mol. The number of rotatable bonds is 9. The Balaban J connectivity index is 1.60. The zero-order chi connectivity index (χ0) is 22.9. The molecule has 2 aromatic carbocycles. The van der Waals surface area contributed by atoms with Crippen LogP contribution in [-0.4, -0.2) is 43.4 Å². The van der Waals surface area contributed by atoms with Crippen LogP contribution in [-0.2, 0) is 14.8 Å². The van der Waals surface area contributed by atoms with Crippen LogP contribution in [0.4, 0.5) is 0 Å². The van der Waals surface area contributed by atoms with Crippen molar-refractivity contribution in [3.63, 3.8) is 0 Å². The number of aliphatic carboxylic acids is 1. The molecule has 0 bridgehead atoms. The van der Waals surface area contributed by atoms with Gasteiger partial charge in [-0.05, 0) is 47.9 Å². The fraction of sp³-hybridized carbons (Fsp3) is 0.227. The smallest absolute Gasteiger partial charge is 0.325 e. The predicted octanol–water partition coefficient (Wildman–Crippen LogP) is 3.73. The number of benzene rings is 2. The molecule has 0 amide bonds. The number of hydrogen-bond acceptors (Lipinski definition) is 6. The molecule has 1 heterocycles. The lowest BCUT2D eigenvalue weighted by molar-refractivity contribution is -0.140. The van der Waals surface area contributed by atoms with E-state index < -0.39 is 27.4 Å². The highest BCUT2D eigenvalue weighted by Crippen LogP contribution is 2.55. The first kappa shape index (κ1) is 22.8. The maximum absolute atomic E-state index is 13.1. The number of carboxylic acid groups (broad SMARTS) is 1. The molecule has 1 saturated carbocycles. The van der Waals surface area contributed by atoms with Crippen LogP contribution >= 0.6 is 22.9 Å². The molecule has 3 N–H and O–H groups in total. The summed E-state index contributed by atoms with van der Waals surface area (Å²) in [6.45, 7) is -0.137. The van der Waals surface area contributed by atoms with E-state index in [1.807, 2.05) is 0 Å². The third kappa shape index (κ3) is 4.39. The van der Waals surface area contributed by atoms with Gasteiger partial charge in [-0.25, -0.2) is 8.42 Å². The largest absolute Gasteiger partial charge is 0.491 e. The van der Waals surface area contributed by atoms with Crippen molar-refractivity contribution in [1.82, 2.24) is 4.72 Å². The van der Waals surface area contributed by atoms with Gasteiger partial charge < -0.3 is 14.9 Å². The number of hydrogen-bond donors (Lipinski definition) is 3. The van der Waals surface area contributed by atoms with Crippen molar-refractivity contribution >= 4 is 38.9 Å². The Labute approximate surface area is 194 Å². The molecule has 2 atom stereocenters. The highest BCUT2D eigenvalue weighted by Gasteiger charge is 2.64. The Morgan fingerprint density at radius 3 is 2.56 bits per heavy atom. The highest BCUT2D eigenvalue weighted by molar-refractivity contribution is 7.91. The zero-order valence-electron chi connectivity index (χ0n) is 16.7. The summed E-state index contributed by atoms with van der Waals surface area (Å²) in [4.78, 5) is 12.9. The van der Waals surface area contributed by atoms with Gasteiger partial charge in [0.2, 0.25) is 0 Å². The van der Waals surface area contributed by atoms with Gasteiger partial charge in [-0.15, -0.1) is 11.3 Å². The van der Waals surface area contributed by atoms with E-state index in [2.05, 4.69) is 4.72 Å². The number of thiophene rings is 1. The van der Waals surface area contributed by atoms with E-state index in [4.69, 9.17) is 21.4 Å². The highest BCUT2D eigenvalue weighted by atomic mass is 35.5. The summed E-state index contributed by atoms with van der Waals surface area (Å²) < 4.78 is 34.1. The first-order valence-electron chi connectivity index (χ1n) is 9.72. The SMILES string of the molecule is O=C(O)[C@@]1(NS(=O)(=O)c2ccc(-c3ccc(Cl)cc3)s2)C[C@H]1c1ccccc1OCCO. The van der Waals surface area contributed by atoms with E-state index in [1.165, 1.54) is 6.07 Å². The maximum atomic E-state index is 13.1. The van der Waals surface area contributed by atoms with Crippen molar-refractivity contribution in [3.8, 4) is 16.2 Å². The molecule has 0 unspecified atom stereocenters. The van der Waals surface area contributed by atoms with Crippen LogP contribution in [0.15, 0.2) is 64.9 Å². The summed E-state index contributed by atoms with van der Waals surface area (Å²) in [5, 5.41) is 19.5. The summed E-state index contributed by atoms with van der Waals surface area (Å²) in [5.41, 5.74) is -0.269. The van der Waals surface area contributed by atoms with Gasteiger partial charge in [-0.3, -0.25) is 4.79 Å². The quantitative estimate of drug-likeness (QED) is 0.418. The second kappa shape index (κ2) is 8.84. The molecule has 32 heavy (non-hydrogen) atoms. The number of ether oxygens (including phenoxy) is 1. The average Bonchev–Trinajstić information content (AvgIpc) is 3.25. The van der Waals surface area contributed by atoms with Crippen molar-refractivity contribution < 1.29 is 28.2 Å². The minimum absolute atomic E-state index is 0.0264. The normalized spacial score (nSPS) is 20.1. The lowest BCUT2D eigenvalue weighted by Crippen LogP contribution is -2.44. The summed E-state index contributed by atoms with van der Waals surface area (Å²) in [5.74, 6) is -1.42. The Morgan fingerprint density at radius 1 is 1.16 bits per heavy atom. The fourth-order valence-electron chi connectivity index (χ4n) is 3.61. The Hall–Kier alpha value is -2.43. The molecule has 4 rings (SSSR count). The van der Waals surface area contributed by atoms with E-state index in [0.29, 0.717) is 16.3 Å². The number of carbonyl (C=O) groups is 1. The molecule has 1 fully saturated rings. The molecule has 168 valence electrons. The molecule has 0 radical (unpaired) electrons. The Bertz CT molecular complexity index is 1240. The van der Waals surface area contributed by atoms with Crippen LogP contribution in [0.1, 0.15) is 17.9 Å². The summed E-state index contributed by atoms with van der Waals surface area (Å²) in [6, 6.07) is 17.0. The Kier molecular flexibility index (Phi) is 6.28. The van der Waals surface area contributed by atoms with Crippen LogP contribution in [0.25, 0.3) is 10.4 Å². The van der Waals surface area contributed by atoms with Gasteiger partial charge in [0.15, 0.2) is 0 Å². The molecule has 0 spiro atoms. The van der Waals surface area contributed by atoms with Gasteiger partial charge in [-0.2, -0.15) is 4.72 Å².